The van der Waals surface area contributed by atoms with Crippen LogP contribution in [0.1, 0.15) is 39.0 Å². The zero-order valence-corrected chi connectivity index (χ0v) is 9.67. The van der Waals surface area contributed by atoms with Gasteiger partial charge in [-0.25, -0.2) is 0 Å². The molecule has 4 nitrogen and oxygen atoms in total. The molecule has 0 aliphatic carbocycles. The van der Waals surface area contributed by atoms with Gasteiger partial charge in [0.25, 0.3) is 0 Å². The Labute approximate surface area is 92.0 Å². The molecular weight excluding hydrogens is 190 g/mol. The maximum atomic E-state index is 11.0. The van der Waals surface area contributed by atoms with Crippen LogP contribution in [0, 0.1) is 0 Å². The summed E-state index contributed by atoms with van der Waals surface area (Å²) < 4.78 is 0. The fraction of sp³-hybridized carbons (Fsp3) is 0.909. The summed E-state index contributed by atoms with van der Waals surface area (Å²) in [6.07, 6.45) is 5.44. The maximum Gasteiger partial charge on any atom is 0.237 e. The molecule has 0 spiro atoms. The highest BCUT2D eigenvalue weighted by Gasteiger charge is 2.24. The van der Waals surface area contributed by atoms with Gasteiger partial charge in [0, 0.05) is 0 Å². The molecule has 0 bridgehead atoms. The second-order valence-corrected chi connectivity index (χ2v) is 4.79. The summed E-state index contributed by atoms with van der Waals surface area (Å²) in [5.41, 5.74) is 10.1. The number of nitrogens with zero attached hydrogens (tertiary/aromatic N) is 1. The van der Waals surface area contributed by atoms with Crippen molar-refractivity contribution in [3.63, 3.8) is 0 Å². The Bertz CT molecular complexity index is 210. The molecule has 1 rings (SSSR count). The first-order chi connectivity index (χ1) is 7.02. The normalized spacial score (nSPS) is 21.5. The van der Waals surface area contributed by atoms with Crippen molar-refractivity contribution in [2.24, 2.45) is 11.5 Å². The number of likely N-dealkylation sites (tertiary alicyclic amines) is 1. The molecular formula is C11H23N3O. The van der Waals surface area contributed by atoms with E-state index in [1.807, 2.05) is 0 Å². The predicted molar refractivity (Wildman–Crippen MR) is 61.3 cm³/mol. The molecule has 0 aromatic heterocycles. The van der Waals surface area contributed by atoms with Gasteiger partial charge in [-0.3, -0.25) is 4.79 Å². The van der Waals surface area contributed by atoms with E-state index in [0.717, 1.165) is 19.4 Å². The van der Waals surface area contributed by atoms with E-state index in [4.69, 9.17) is 11.5 Å². The van der Waals surface area contributed by atoms with E-state index in [0.29, 0.717) is 6.42 Å². The van der Waals surface area contributed by atoms with Gasteiger partial charge in [-0.15, -0.1) is 0 Å². The van der Waals surface area contributed by atoms with E-state index in [9.17, 15) is 4.79 Å². The number of rotatable bonds is 6. The minimum absolute atomic E-state index is 0.399. The average Bonchev–Trinajstić information content (AvgIpc) is 2.64. The molecule has 15 heavy (non-hydrogen) atoms. The second kappa shape index (κ2) is 5.47. The Kier molecular flexibility index (Phi) is 4.54. The van der Waals surface area contributed by atoms with Gasteiger partial charge in [0.2, 0.25) is 5.91 Å². The summed E-state index contributed by atoms with van der Waals surface area (Å²) in [7, 11) is 0. The van der Waals surface area contributed by atoms with Gasteiger partial charge < -0.3 is 16.4 Å². The molecule has 0 aromatic rings. The average molecular weight is 213 g/mol. The lowest BCUT2D eigenvalue weighted by molar-refractivity contribution is -0.122. The number of hydrogen-bond donors (Lipinski definition) is 2. The van der Waals surface area contributed by atoms with Crippen LogP contribution >= 0.6 is 0 Å². The van der Waals surface area contributed by atoms with E-state index in [1.165, 1.54) is 25.9 Å². The van der Waals surface area contributed by atoms with E-state index >= 15 is 0 Å². The van der Waals surface area contributed by atoms with Crippen LogP contribution in [0.2, 0.25) is 0 Å². The lowest BCUT2D eigenvalue weighted by Gasteiger charge is -2.21. The molecule has 1 aliphatic heterocycles. The van der Waals surface area contributed by atoms with Crippen LogP contribution in [0.5, 0.6) is 0 Å². The molecule has 4 heteroatoms. The molecule has 1 heterocycles. The van der Waals surface area contributed by atoms with E-state index in [2.05, 4.69) is 4.90 Å². The standard InChI is InChI=1S/C11H23N3O/c1-11(13,10(12)15)6-2-3-7-14-8-4-5-9-14/h2-9,13H2,1H3,(H2,12,15). The number of unbranched alkanes of at least 4 members (excludes halogenated alkanes) is 1. The molecule has 1 amide bonds. The monoisotopic (exact) mass is 213 g/mol. The SMILES string of the molecule is CC(N)(CCCCN1CCCC1)C(N)=O. The predicted octanol–water partition coefficient (Wildman–Crippen LogP) is 0.455. The van der Waals surface area contributed by atoms with Crippen LogP contribution in [-0.4, -0.2) is 36.0 Å². The molecule has 4 N–H and O–H groups in total. The van der Waals surface area contributed by atoms with E-state index in [-0.39, 0.29) is 0 Å². The molecule has 1 unspecified atom stereocenters. The lowest BCUT2D eigenvalue weighted by Crippen LogP contribution is -2.49. The minimum atomic E-state index is -0.828. The van der Waals surface area contributed by atoms with Gasteiger partial charge >= 0.3 is 0 Å². The third kappa shape index (κ3) is 4.18. The fourth-order valence-electron chi connectivity index (χ4n) is 1.96. The van der Waals surface area contributed by atoms with E-state index < -0.39 is 11.4 Å². The molecule has 0 aromatic carbocycles. The van der Waals surface area contributed by atoms with Crippen LogP contribution < -0.4 is 11.5 Å². The molecule has 0 radical (unpaired) electrons. The summed E-state index contributed by atoms with van der Waals surface area (Å²) in [5.74, 6) is -0.399. The highest BCUT2D eigenvalue weighted by atomic mass is 16.1. The number of nitrogens with two attached hydrogens (primary N) is 2. The topological polar surface area (TPSA) is 72.3 Å². The van der Waals surface area contributed by atoms with Gasteiger partial charge in [0.15, 0.2) is 0 Å². The molecule has 1 aliphatic rings. The van der Waals surface area contributed by atoms with Crippen molar-refractivity contribution in [3.05, 3.63) is 0 Å². The zero-order valence-electron chi connectivity index (χ0n) is 9.67. The molecule has 88 valence electrons. The minimum Gasteiger partial charge on any atom is -0.368 e. The Morgan fingerprint density at radius 3 is 2.47 bits per heavy atom. The quantitative estimate of drug-likeness (QED) is 0.629. The van der Waals surface area contributed by atoms with Crippen molar-refractivity contribution >= 4 is 5.91 Å². The van der Waals surface area contributed by atoms with Crippen LogP contribution in [-0.2, 0) is 4.79 Å². The van der Waals surface area contributed by atoms with E-state index in [1.54, 1.807) is 6.92 Å². The van der Waals surface area contributed by atoms with Crippen molar-refractivity contribution in [1.29, 1.82) is 0 Å². The smallest absolute Gasteiger partial charge is 0.237 e. The Balaban J connectivity index is 2.08. The second-order valence-electron chi connectivity index (χ2n) is 4.79. The van der Waals surface area contributed by atoms with Gasteiger partial charge in [-0.2, -0.15) is 0 Å². The van der Waals surface area contributed by atoms with Gasteiger partial charge in [0.05, 0.1) is 5.54 Å². The number of carbonyl (C=O) groups excluding carboxylic acids is 1. The molecule has 1 saturated heterocycles. The first kappa shape index (κ1) is 12.5. The van der Waals surface area contributed by atoms with Crippen LogP contribution in [0.3, 0.4) is 0 Å². The van der Waals surface area contributed by atoms with Crippen molar-refractivity contribution < 1.29 is 4.79 Å². The van der Waals surface area contributed by atoms with Crippen molar-refractivity contribution in [1.82, 2.24) is 4.90 Å². The zero-order chi connectivity index (χ0) is 11.3. The number of primary amides is 1. The third-order valence-electron chi connectivity index (χ3n) is 3.18. The lowest BCUT2D eigenvalue weighted by atomic mass is 9.95. The Hall–Kier alpha value is -0.610. The summed E-state index contributed by atoms with van der Waals surface area (Å²) in [4.78, 5) is 13.4. The Morgan fingerprint density at radius 1 is 1.33 bits per heavy atom. The van der Waals surface area contributed by atoms with Crippen LogP contribution in [0.4, 0.5) is 0 Å². The highest BCUT2D eigenvalue weighted by molar-refractivity contribution is 5.83. The summed E-state index contributed by atoms with van der Waals surface area (Å²) in [5, 5.41) is 0. The summed E-state index contributed by atoms with van der Waals surface area (Å²) in [6.45, 7) is 5.31. The summed E-state index contributed by atoms with van der Waals surface area (Å²) in [6, 6.07) is 0. The number of carbonyl (C=O) groups is 1. The first-order valence-electron chi connectivity index (χ1n) is 5.83. The van der Waals surface area contributed by atoms with Gasteiger partial charge in [-0.05, 0) is 58.7 Å². The summed E-state index contributed by atoms with van der Waals surface area (Å²) >= 11 is 0. The van der Waals surface area contributed by atoms with Crippen molar-refractivity contribution in [2.45, 2.75) is 44.6 Å². The molecule has 1 atom stereocenters. The molecule has 1 fully saturated rings. The van der Waals surface area contributed by atoms with Crippen LogP contribution in [0.25, 0.3) is 0 Å². The highest BCUT2D eigenvalue weighted by Crippen LogP contribution is 2.12. The maximum absolute atomic E-state index is 11.0. The first-order valence-corrected chi connectivity index (χ1v) is 5.83. The largest absolute Gasteiger partial charge is 0.368 e. The van der Waals surface area contributed by atoms with Crippen molar-refractivity contribution in [2.75, 3.05) is 19.6 Å². The third-order valence-corrected chi connectivity index (χ3v) is 3.18. The fourth-order valence-corrected chi connectivity index (χ4v) is 1.96. The van der Waals surface area contributed by atoms with Gasteiger partial charge in [-0.1, -0.05) is 0 Å². The van der Waals surface area contributed by atoms with Crippen molar-refractivity contribution in [3.8, 4) is 0 Å². The van der Waals surface area contributed by atoms with Gasteiger partial charge in [0.1, 0.15) is 0 Å². The Morgan fingerprint density at radius 2 is 1.93 bits per heavy atom. The number of amides is 1. The number of hydrogen-bond acceptors (Lipinski definition) is 3. The van der Waals surface area contributed by atoms with Crippen LogP contribution in [0.15, 0.2) is 0 Å². The molecule has 0 saturated carbocycles.